The van der Waals surface area contributed by atoms with Crippen LogP contribution in [0.4, 0.5) is 11.4 Å². The number of H-pyrrole nitrogens is 1. The number of rotatable bonds is 4. The minimum absolute atomic E-state index is 0.0541. The van der Waals surface area contributed by atoms with Crippen LogP contribution in [0.5, 0.6) is 5.75 Å². The van der Waals surface area contributed by atoms with Crippen molar-refractivity contribution in [2.75, 3.05) is 7.11 Å². The van der Waals surface area contributed by atoms with Crippen LogP contribution in [0.3, 0.4) is 0 Å². The zero-order valence-electron chi connectivity index (χ0n) is 21.0. The van der Waals surface area contributed by atoms with Crippen LogP contribution in [0.2, 0.25) is 0 Å². The predicted octanol–water partition coefficient (Wildman–Crippen LogP) is 6.23. The summed E-state index contributed by atoms with van der Waals surface area (Å²) in [6.07, 6.45) is 0. The standard InChI is InChI=1S/C26H30N6O3/c1-25(2,3)17-12-13-19(33)18(14-17)28-29-20-21(26(4,5)6)30-32-23(20)27-22(31-32)15-8-10-16(11-9-15)24(34)35-7/h8-14,30,33H,1-7H3. The van der Waals surface area contributed by atoms with E-state index in [1.165, 1.54) is 7.11 Å². The maximum Gasteiger partial charge on any atom is 0.337 e. The summed E-state index contributed by atoms with van der Waals surface area (Å²) in [4.78, 5) is 16.4. The average Bonchev–Trinajstić information content (AvgIpc) is 3.36. The first-order chi connectivity index (χ1) is 16.4. The van der Waals surface area contributed by atoms with Crippen LogP contribution in [-0.2, 0) is 15.6 Å². The van der Waals surface area contributed by atoms with Crippen molar-refractivity contribution >= 4 is 23.0 Å². The number of phenols is 1. The normalized spacial score (nSPS) is 12.5. The van der Waals surface area contributed by atoms with Gasteiger partial charge < -0.3 is 9.84 Å². The van der Waals surface area contributed by atoms with Gasteiger partial charge in [0.25, 0.3) is 0 Å². The lowest BCUT2D eigenvalue weighted by molar-refractivity contribution is 0.0600. The summed E-state index contributed by atoms with van der Waals surface area (Å²) in [6, 6.07) is 12.2. The molecule has 0 saturated carbocycles. The molecule has 0 radical (unpaired) electrons. The summed E-state index contributed by atoms with van der Waals surface area (Å²) in [5.74, 6) is 0.123. The van der Waals surface area contributed by atoms with E-state index in [-0.39, 0.29) is 16.6 Å². The van der Waals surface area contributed by atoms with E-state index in [1.54, 1.807) is 35.0 Å². The Bertz CT molecular complexity index is 1420. The Hall–Kier alpha value is -4.01. The van der Waals surface area contributed by atoms with E-state index in [0.717, 1.165) is 16.8 Å². The first-order valence-electron chi connectivity index (χ1n) is 11.3. The molecular weight excluding hydrogens is 444 g/mol. The SMILES string of the molecule is COC(=O)c1ccc(-c2nc3c(N=Nc4cc(C(C)(C)C)ccc4O)c(C(C)(C)C)[nH]n3n2)cc1. The van der Waals surface area contributed by atoms with Crippen molar-refractivity contribution in [1.82, 2.24) is 19.8 Å². The summed E-state index contributed by atoms with van der Waals surface area (Å²) in [5.41, 5.74) is 4.11. The van der Waals surface area contributed by atoms with E-state index in [2.05, 4.69) is 62.0 Å². The fourth-order valence-corrected chi connectivity index (χ4v) is 3.60. The molecule has 9 heteroatoms. The quantitative estimate of drug-likeness (QED) is 0.269. The number of nitrogens with zero attached hydrogens (tertiary/aromatic N) is 5. The highest BCUT2D eigenvalue weighted by molar-refractivity contribution is 5.89. The fourth-order valence-electron chi connectivity index (χ4n) is 3.60. The molecule has 35 heavy (non-hydrogen) atoms. The third-order valence-electron chi connectivity index (χ3n) is 5.69. The van der Waals surface area contributed by atoms with Crippen LogP contribution in [0, 0.1) is 0 Å². The maximum atomic E-state index is 11.7. The molecule has 0 bridgehead atoms. The van der Waals surface area contributed by atoms with Gasteiger partial charge in [0, 0.05) is 11.0 Å². The van der Waals surface area contributed by atoms with Gasteiger partial charge in [-0.15, -0.1) is 15.3 Å². The smallest absolute Gasteiger partial charge is 0.337 e. The van der Waals surface area contributed by atoms with E-state index >= 15 is 0 Å². The van der Waals surface area contributed by atoms with Gasteiger partial charge in [-0.2, -0.15) is 4.63 Å². The van der Waals surface area contributed by atoms with Gasteiger partial charge in [-0.1, -0.05) is 59.7 Å². The van der Waals surface area contributed by atoms with Gasteiger partial charge in [-0.3, -0.25) is 5.10 Å². The van der Waals surface area contributed by atoms with Crippen molar-refractivity contribution in [2.24, 2.45) is 10.2 Å². The number of aromatic amines is 1. The first kappa shape index (κ1) is 24.1. The third-order valence-corrected chi connectivity index (χ3v) is 5.69. The van der Waals surface area contributed by atoms with E-state index in [1.807, 2.05) is 12.1 Å². The summed E-state index contributed by atoms with van der Waals surface area (Å²) in [7, 11) is 1.34. The average molecular weight is 475 g/mol. The number of nitrogens with one attached hydrogen (secondary N) is 1. The minimum Gasteiger partial charge on any atom is -0.506 e. The molecular formula is C26H30N6O3. The lowest BCUT2D eigenvalue weighted by Crippen LogP contribution is -2.12. The van der Waals surface area contributed by atoms with Gasteiger partial charge in [0.2, 0.25) is 5.65 Å². The molecule has 0 aliphatic carbocycles. The number of hydrogen-bond donors (Lipinski definition) is 2. The molecule has 2 aromatic carbocycles. The molecule has 0 saturated heterocycles. The molecule has 0 spiro atoms. The number of methoxy groups -OCH3 is 1. The van der Waals surface area contributed by atoms with Crippen LogP contribution < -0.4 is 0 Å². The molecule has 0 aliphatic rings. The summed E-state index contributed by atoms with van der Waals surface area (Å²) in [6.45, 7) is 12.5. The number of benzene rings is 2. The number of esters is 1. The Kier molecular flexibility index (Phi) is 5.96. The Labute approximate surface area is 203 Å². The molecule has 0 aliphatic heterocycles. The number of azo groups is 1. The van der Waals surface area contributed by atoms with Crippen molar-refractivity contribution in [3.63, 3.8) is 0 Å². The Balaban J connectivity index is 1.78. The molecule has 4 aromatic rings. The highest BCUT2D eigenvalue weighted by atomic mass is 16.5. The second-order valence-electron chi connectivity index (χ2n) is 10.5. The van der Waals surface area contributed by atoms with Gasteiger partial charge >= 0.3 is 5.97 Å². The summed E-state index contributed by atoms with van der Waals surface area (Å²) >= 11 is 0. The molecule has 182 valence electrons. The molecule has 0 fully saturated rings. The highest BCUT2D eigenvalue weighted by Gasteiger charge is 2.26. The Morgan fingerprint density at radius 2 is 1.69 bits per heavy atom. The topological polar surface area (TPSA) is 117 Å². The molecule has 4 rings (SSSR count). The zero-order chi connectivity index (χ0) is 25.5. The van der Waals surface area contributed by atoms with Crippen LogP contribution in [0.15, 0.2) is 52.7 Å². The third kappa shape index (κ3) is 4.80. The molecule has 0 atom stereocenters. The fraction of sp³-hybridized carbons (Fsp3) is 0.346. The molecule has 0 amide bonds. The molecule has 0 unspecified atom stereocenters. The number of aromatic nitrogens is 4. The minimum atomic E-state index is -0.405. The molecule has 2 aromatic heterocycles. The highest BCUT2D eigenvalue weighted by Crippen LogP contribution is 2.38. The number of phenolic OH excluding ortho intramolecular Hbond substituents is 1. The number of ether oxygens (including phenoxy) is 1. The van der Waals surface area contributed by atoms with Crippen molar-refractivity contribution in [3.05, 3.63) is 59.3 Å². The van der Waals surface area contributed by atoms with Crippen LogP contribution in [0.25, 0.3) is 17.0 Å². The first-order valence-corrected chi connectivity index (χ1v) is 11.3. The van der Waals surface area contributed by atoms with Crippen molar-refractivity contribution in [2.45, 2.75) is 52.4 Å². The van der Waals surface area contributed by atoms with Crippen molar-refractivity contribution < 1.29 is 14.6 Å². The van der Waals surface area contributed by atoms with Crippen LogP contribution >= 0.6 is 0 Å². The Morgan fingerprint density at radius 3 is 2.29 bits per heavy atom. The van der Waals surface area contributed by atoms with Gasteiger partial charge in [0.05, 0.1) is 18.4 Å². The van der Waals surface area contributed by atoms with Crippen LogP contribution in [0.1, 0.15) is 63.2 Å². The van der Waals surface area contributed by atoms with E-state index < -0.39 is 5.97 Å². The molecule has 2 N–H and O–H groups in total. The second kappa shape index (κ2) is 8.65. The molecule has 9 nitrogen and oxygen atoms in total. The summed E-state index contributed by atoms with van der Waals surface area (Å²) in [5, 5.41) is 27.1. The predicted molar refractivity (Wildman–Crippen MR) is 134 cm³/mol. The van der Waals surface area contributed by atoms with Gasteiger partial charge in [-0.25, -0.2) is 9.78 Å². The lowest BCUT2D eigenvalue weighted by Gasteiger charge is -2.19. The second-order valence-corrected chi connectivity index (χ2v) is 10.5. The Morgan fingerprint density at radius 1 is 1.00 bits per heavy atom. The number of aromatic hydroxyl groups is 1. The maximum absolute atomic E-state index is 11.7. The zero-order valence-corrected chi connectivity index (χ0v) is 21.0. The number of carbonyl (C=O) groups excluding carboxylic acids is 1. The van der Waals surface area contributed by atoms with E-state index in [4.69, 9.17) is 9.72 Å². The number of hydrogen-bond acceptors (Lipinski definition) is 7. The van der Waals surface area contributed by atoms with Crippen LogP contribution in [-0.4, -0.2) is 38.0 Å². The van der Waals surface area contributed by atoms with E-state index in [0.29, 0.717) is 28.4 Å². The molecule has 2 heterocycles. The lowest BCUT2D eigenvalue weighted by atomic mass is 9.87. The van der Waals surface area contributed by atoms with Crippen molar-refractivity contribution in [3.8, 4) is 17.1 Å². The van der Waals surface area contributed by atoms with Crippen molar-refractivity contribution in [1.29, 1.82) is 0 Å². The summed E-state index contributed by atoms with van der Waals surface area (Å²) < 4.78 is 6.33. The number of carbonyl (C=O) groups is 1. The number of fused-ring (bicyclic) bond motifs is 1. The monoisotopic (exact) mass is 474 g/mol. The van der Waals surface area contributed by atoms with Gasteiger partial charge in [-0.05, 0) is 35.2 Å². The van der Waals surface area contributed by atoms with E-state index in [9.17, 15) is 9.90 Å². The van der Waals surface area contributed by atoms with Gasteiger partial charge in [0.15, 0.2) is 11.5 Å². The largest absolute Gasteiger partial charge is 0.506 e. The van der Waals surface area contributed by atoms with Gasteiger partial charge in [0.1, 0.15) is 11.4 Å².